The Balaban J connectivity index is 1.86. The summed E-state index contributed by atoms with van der Waals surface area (Å²) in [6.07, 6.45) is -11.5. The molecule has 6 nitrogen and oxygen atoms in total. The zero-order valence-electron chi connectivity index (χ0n) is 20.9. The van der Waals surface area contributed by atoms with Gasteiger partial charge in [0.05, 0.1) is 27.5 Å². The van der Waals surface area contributed by atoms with Gasteiger partial charge < -0.3 is 5.32 Å². The van der Waals surface area contributed by atoms with Gasteiger partial charge in [-0.1, -0.05) is 18.5 Å². The number of amides is 1. The topological polar surface area (TPSA) is 69.7 Å². The summed E-state index contributed by atoms with van der Waals surface area (Å²) in [4.78, 5) is 14.7. The smallest absolute Gasteiger partial charge is 0.350 e. The van der Waals surface area contributed by atoms with E-state index in [-0.39, 0.29) is 56.9 Å². The molecule has 1 aromatic carbocycles. The second-order valence-corrected chi connectivity index (χ2v) is 12.3. The molecule has 3 rings (SSSR count). The molecular formula is C23H28ClF8N3O3S. The van der Waals surface area contributed by atoms with Crippen LogP contribution in [0, 0.1) is 0 Å². The van der Waals surface area contributed by atoms with Crippen LogP contribution >= 0.6 is 11.6 Å². The number of nitrogens with one attached hydrogen (secondary N) is 1. The van der Waals surface area contributed by atoms with Crippen LogP contribution < -0.4 is 5.32 Å². The standard InChI is InChI=1S/C23H28ClF8N3O3S/c1-2-11-39(37,38)35-9-7-34(8-10-35)20(3-5-21(25,26)6-4-20)14-33-19(36)18-16(23(30,31)32)12-15(13-17(18)24)22(27,28)29/h12-13H,2-11,14H2,1H3,(H,33,36). The summed E-state index contributed by atoms with van der Waals surface area (Å²) in [6.45, 7) is 1.73. The molecule has 2 aliphatic rings. The lowest BCUT2D eigenvalue weighted by Gasteiger charge is -2.50. The van der Waals surface area contributed by atoms with Crippen LogP contribution in [0.4, 0.5) is 35.1 Å². The van der Waals surface area contributed by atoms with Crippen LogP contribution in [-0.4, -0.2) is 73.5 Å². The normalized spacial score (nSPS) is 21.1. The maximum absolute atomic E-state index is 14.0. The molecule has 1 N–H and O–H groups in total. The molecule has 1 aliphatic heterocycles. The lowest BCUT2D eigenvalue weighted by atomic mass is 9.78. The number of benzene rings is 1. The highest BCUT2D eigenvalue weighted by Crippen LogP contribution is 2.43. The molecule has 1 aromatic rings. The molecule has 39 heavy (non-hydrogen) atoms. The van der Waals surface area contributed by atoms with E-state index in [1.165, 1.54) is 4.31 Å². The number of carbonyl (C=O) groups is 1. The number of piperazine rings is 1. The molecule has 0 bridgehead atoms. The van der Waals surface area contributed by atoms with Crippen molar-refractivity contribution in [3.8, 4) is 0 Å². The lowest BCUT2D eigenvalue weighted by Crippen LogP contribution is -2.63. The second kappa shape index (κ2) is 11.3. The van der Waals surface area contributed by atoms with E-state index in [1.54, 1.807) is 11.8 Å². The summed E-state index contributed by atoms with van der Waals surface area (Å²) in [5.41, 5.74) is -5.89. The molecule has 0 spiro atoms. The molecule has 1 saturated heterocycles. The molecule has 2 fully saturated rings. The van der Waals surface area contributed by atoms with Crippen LogP contribution in [0.15, 0.2) is 12.1 Å². The average Bonchev–Trinajstić information content (AvgIpc) is 2.82. The Morgan fingerprint density at radius 3 is 2.03 bits per heavy atom. The van der Waals surface area contributed by atoms with E-state index >= 15 is 0 Å². The van der Waals surface area contributed by atoms with Gasteiger partial charge in [-0.2, -0.15) is 30.6 Å². The quantitative estimate of drug-likeness (QED) is 0.418. The van der Waals surface area contributed by atoms with Crippen LogP contribution in [0.5, 0.6) is 0 Å². The first-order chi connectivity index (χ1) is 17.8. The fourth-order valence-corrected chi connectivity index (χ4v) is 6.87. The van der Waals surface area contributed by atoms with E-state index in [2.05, 4.69) is 5.32 Å². The molecule has 1 saturated carbocycles. The zero-order valence-corrected chi connectivity index (χ0v) is 22.4. The predicted octanol–water partition coefficient (Wildman–Crippen LogP) is 5.41. The van der Waals surface area contributed by atoms with Gasteiger partial charge in [0.25, 0.3) is 5.91 Å². The first kappa shape index (κ1) is 31.8. The highest BCUT2D eigenvalue weighted by Gasteiger charge is 2.48. The fraction of sp³-hybridized carbons (Fsp3) is 0.696. The van der Waals surface area contributed by atoms with E-state index in [0.29, 0.717) is 6.42 Å². The maximum Gasteiger partial charge on any atom is 0.417 e. The van der Waals surface area contributed by atoms with E-state index < -0.39 is 80.8 Å². The molecular weight excluding hydrogens is 586 g/mol. The number of nitrogens with zero attached hydrogens (tertiary/aromatic N) is 2. The van der Waals surface area contributed by atoms with Gasteiger partial charge in [-0.05, 0) is 31.4 Å². The van der Waals surface area contributed by atoms with Crippen LogP contribution in [0.2, 0.25) is 5.02 Å². The van der Waals surface area contributed by atoms with E-state index in [9.17, 15) is 48.3 Å². The molecule has 0 atom stereocenters. The summed E-state index contributed by atoms with van der Waals surface area (Å²) in [6, 6.07) is 0.0201. The Bertz CT molecular complexity index is 1160. The Kier molecular flexibility index (Phi) is 9.20. The number of halogens is 9. The van der Waals surface area contributed by atoms with Gasteiger partial charge in [-0.25, -0.2) is 17.2 Å². The zero-order chi connectivity index (χ0) is 29.4. The van der Waals surface area contributed by atoms with Gasteiger partial charge in [-0.3, -0.25) is 9.69 Å². The Morgan fingerprint density at radius 1 is 0.974 bits per heavy atom. The van der Waals surface area contributed by atoms with Gasteiger partial charge in [-0.15, -0.1) is 0 Å². The van der Waals surface area contributed by atoms with Gasteiger partial charge in [0.2, 0.25) is 15.9 Å². The number of carbonyl (C=O) groups excluding carboxylic acids is 1. The van der Waals surface area contributed by atoms with Gasteiger partial charge in [0.1, 0.15) is 0 Å². The van der Waals surface area contributed by atoms with Crippen molar-refractivity contribution in [2.45, 2.75) is 62.8 Å². The maximum atomic E-state index is 14.0. The summed E-state index contributed by atoms with van der Waals surface area (Å²) in [5, 5.41) is 1.22. The van der Waals surface area contributed by atoms with Crippen molar-refractivity contribution >= 4 is 27.5 Å². The van der Waals surface area contributed by atoms with Crippen molar-refractivity contribution in [3.63, 3.8) is 0 Å². The monoisotopic (exact) mass is 613 g/mol. The first-order valence-electron chi connectivity index (χ1n) is 12.2. The van der Waals surface area contributed by atoms with Gasteiger partial charge in [0, 0.05) is 51.1 Å². The van der Waals surface area contributed by atoms with Crippen molar-refractivity contribution < 1.29 is 48.3 Å². The summed E-state index contributed by atoms with van der Waals surface area (Å²) < 4.78 is 134. The van der Waals surface area contributed by atoms with Crippen LogP contribution in [0.1, 0.15) is 60.5 Å². The minimum absolute atomic E-state index is 0.0597. The molecule has 16 heteroatoms. The minimum atomic E-state index is -5.34. The van der Waals surface area contributed by atoms with Crippen molar-refractivity contribution in [2.24, 2.45) is 0 Å². The largest absolute Gasteiger partial charge is 0.417 e. The fourth-order valence-electron chi connectivity index (χ4n) is 5.07. The van der Waals surface area contributed by atoms with E-state index in [0.717, 1.165) is 0 Å². The molecule has 1 amide bonds. The predicted molar refractivity (Wildman–Crippen MR) is 127 cm³/mol. The second-order valence-electron chi connectivity index (χ2n) is 9.84. The van der Waals surface area contributed by atoms with Crippen molar-refractivity contribution in [3.05, 3.63) is 33.8 Å². The minimum Gasteiger partial charge on any atom is -0.350 e. The highest BCUT2D eigenvalue weighted by atomic mass is 35.5. The third-order valence-electron chi connectivity index (χ3n) is 7.21. The van der Waals surface area contributed by atoms with Crippen LogP contribution in [0.3, 0.4) is 0 Å². The molecule has 0 unspecified atom stereocenters. The Hall–Kier alpha value is -1.71. The lowest BCUT2D eigenvalue weighted by molar-refractivity contribution is -0.143. The number of sulfonamides is 1. The summed E-state index contributed by atoms with van der Waals surface area (Å²) in [5.74, 6) is -4.45. The molecule has 0 aromatic heterocycles. The molecule has 0 radical (unpaired) electrons. The molecule has 222 valence electrons. The molecule has 1 aliphatic carbocycles. The van der Waals surface area contributed by atoms with Crippen LogP contribution in [0.25, 0.3) is 0 Å². The number of alkyl halides is 8. The Morgan fingerprint density at radius 2 is 1.54 bits per heavy atom. The van der Waals surface area contributed by atoms with Crippen molar-refractivity contribution in [1.82, 2.24) is 14.5 Å². The Labute approximate surface area is 225 Å². The number of rotatable bonds is 7. The van der Waals surface area contributed by atoms with Gasteiger partial charge in [0.15, 0.2) is 0 Å². The van der Waals surface area contributed by atoms with E-state index in [1.807, 2.05) is 0 Å². The van der Waals surface area contributed by atoms with E-state index in [4.69, 9.17) is 11.6 Å². The number of hydrogen-bond donors (Lipinski definition) is 1. The van der Waals surface area contributed by atoms with Crippen molar-refractivity contribution in [1.29, 1.82) is 0 Å². The first-order valence-corrected chi connectivity index (χ1v) is 14.2. The number of hydrogen-bond acceptors (Lipinski definition) is 4. The van der Waals surface area contributed by atoms with Crippen LogP contribution in [-0.2, 0) is 22.4 Å². The average molecular weight is 614 g/mol. The molecule has 1 heterocycles. The summed E-state index contributed by atoms with van der Waals surface area (Å²) in [7, 11) is -3.51. The summed E-state index contributed by atoms with van der Waals surface area (Å²) >= 11 is 5.74. The third kappa shape index (κ3) is 7.33. The SMILES string of the molecule is CCCS(=O)(=O)N1CCN(C2(CNC(=O)c3c(Cl)cc(C(F)(F)F)cc3C(F)(F)F)CCC(F)(F)CC2)CC1. The highest BCUT2D eigenvalue weighted by molar-refractivity contribution is 7.89. The van der Waals surface area contributed by atoms with Crippen molar-refractivity contribution in [2.75, 3.05) is 38.5 Å². The van der Waals surface area contributed by atoms with Gasteiger partial charge >= 0.3 is 12.4 Å². The third-order valence-corrected chi connectivity index (χ3v) is 9.58.